The van der Waals surface area contributed by atoms with Crippen LogP contribution in [0.4, 0.5) is 0 Å². The van der Waals surface area contributed by atoms with Gasteiger partial charge in [-0.25, -0.2) is 4.68 Å². The van der Waals surface area contributed by atoms with Gasteiger partial charge in [-0.2, -0.15) is 5.10 Å². The van der Waals surface area contributed by atoms with Gasteiger partial charge in [0.1, 0.15) is 5.56 Å². The van der Waals surface area contributed by atoms with Gasteiger partial charge >= 0.3 is 0 Å². The summed E-state index contributed by atoms with van der Waals surface area (Å²) in [6.07, 6.45) is 1.64. The van der Waals surface area contributed by atoms with Crippen LogP contribution in [0.1, 0.15) is 36.8 Å². The Morgan fingerprint density at radius 1 is 1.03 bits per heavy atom. The molecule has 8 heteroatoms. The third-order valence-corrected chi connectivity index (χ3v) is 5.28. The molecule has 3 rings (SSSR count). The Labute approximate surface area is 170 Å². The van der Waals surface area contributed by atoms with Gasteiger partial charge < -0.3 is 9.47 Å². The van der Waals surface area contributed by atoms with E-state index in [-0.39, 0.29) is 28.0 Å². The first-order chi connectivity index (χ1) is 13.7. The first-order valence-electron chi connectivity index (χ1n) is 9.93. The van der Waals surface area contributed by atoms with Gasteiger partial charge in [-0.1, -0.05) is 20.8 Å². The molecule has 0 saturated carbocycles. The van der Waals surface area contributed by atoms with Crippen molar-refractivity contribution in [2.75, 3.05) is 32.7 Å². The Hall–Kier alpha value is -2.74. The van der Waals surface area contributed by atoms with Gasteiger partial charge in [0.05, 0.1) is 12.2 Å². The van der Waals surface area contributed by atoms with Crippen LogP contribution in [0.2, 0.25) is 0 Å². The molecule has 0 bridgehead atoms. The van der Waals surface area contributed by atoms with Crippen molar-refractivity contribution in [3.05, 3.63) is 62.4 Å². The molecule has 1 saturated heterocycles. The molecule has 1 amide bonds. The zero-order chi connectivity index (χ0) is 21.2. The molecule has 1 aliphatic heterocycles. The number of piperazine rings is 1. The highest BCUT2D eigenvalue weighted by Gasteiger charge is 2.24. The average Bonchev–Trinajstić information content (AvgIpc) is 2.68. The van der Waals surface area contributed by atoms with Crippen LogP contribution < -0.4 is 11.1 Å². The maximum absolute atomic E-state index is 12.7. The second-order valence-electron chi connectivity index (χ2n) is 8.50. The highest BCUT2D eigenvalue weighted by molar-refractivity contribution is 5.93. The van der Waals surface area contributed by atoms with Crippen molar-refractivity contribution >= 4 is 5.91 Å². The Morgan fingerprint density at radius 3 is 2.38 bits per heavy atom. The lowest BCUT2D eigenvalue weighted by Gasteiger charge is -2.34. The zero-order valence-corrected chi connectivity index (χ0v) is 17.6. The maximum atomic E-state index is 12.7. The number of nitrogens with zero attached hydrogens (tertiary/aromatic N) is 5. The smallest absolute Gasteiger partial charge is 0.266 e. The SMILES string of the molecule is Cn1cccc(C(=O)N2CCN(CCn3nc(C(C)(C)C)ccc3=O)CC2)c1=O. The van der Waals surface area contributed by atoms with Gasteiger partial charge in [-0.05, 0) is 18.2 Å². The number of hydrogen-bond acceptors (Lipinski definition) is 5. The van der Waals surface area contributed by atoms with Crippen molar-refractivity contribution in [2.24, 2.45) is 7.05 Å². The monoisotopic (exact) mass is 399 g/mol. The number of carbonyl (C=O) groups excluding carboxylic acids is 1. The van der Waals surface area contributed by atoms with Crippen molar-refractivity contribution in [3.8, 4) is 0 Å². The summed E-state index contributed by atoms with van der Waals surface area (Å²) in [7, 11) is 1.64. The molecule has 1 fully saturated rings. The molecule has 0 spiro atoms. The molecule has 0 unspecified atom stereocenters. The minimum absolute atomic E-state index is 0.105. The third kappa shape index (κ3) is 4.82. The van der Waals surface area contributed by atoms with Gasteiger partial charge in [-0.3, -0.25) is 19.3 Å². The van der Waals surface area contributed by atoms with Crippen molar-refractivity contribution in [3.63, 3.8) is 0 Å². The van der Waals surface area contributed by atoms with Crippen molar-refractivity contribution in [1.29, 1.82) is 0 Å². The lowest BCUT2D eigenvalue weighted by atomic mass is 9.92. The summed E-state index contributed by atoms with van der Waals surface area (Å²) in [6, 6.07) is 6.65. The molecule has 0 aliphatic carbocycles. The van der Waals surface area contributed by atoms with Gasteiger partial charge in [0.2, 0.25) is 0 Å². The van der Waals surface area contributed by atoms with Gasteiger partial charge in [0.25, 0.3) is 17.0 Å². The molecule has 1 aliphatic rings. The van der Waals surface area contributed by atoms with Crippen LogP contribution in [0, 0.1) is 0 Å². The van der Waals surface area contributed by atoms with E-state index in [2.05, 4.69) is 30.8 Å². The van der Waals surface area contributed by atoms with E-state index in [0.717, 1.165) is 5.69 Å². The van der Waals surface area contributed by atoms with E-state index in [1.165, 1.54) is 9.25 Å². The Morgan fingerprint density at radius 2 is 1.72 bits per heavy atom. The topological polar surface area (TPSA) is 80.4 Å². The highest BCUT2D eigenvalue weighted by atomic mass is 16.2. The summed E-state index contributed by atoms with van der Waals surface area (Å²) in [4.78, 5) is 40.9. The second-order valence-corrected chi connectivity index (χ2v) is 8.50. The quantitative estimate of drug-likeness (QED) is 0.756. The summed E-state index contributed by atoms with van der Waals surface area (Å²) >= 11 is 0. The number of aromatic nitrogens is 3. The fourth-order valence-electron chi connectivity index (χ4n) is 3.35. The van der Waals surface area contributed by atoms with Gasteiger partial charge in [0.15, 0.2) is 0 Å². The summed E-state index contributed by atoms with van der Waals surface area (Å²) < 4.78 is 2.94. The predicted octanol–water partition coefficient (Wildman–Crippen LogP) is 0.698. The number of hydrogen-bond donors (Lipinski definition) is 0. The van der Waals surface area contributed by atoms with Gasteiger partial charge in [0, 0.05) is 57.4 Å². The number of aryl methyl sites for hydroxylation is 1. The summed E-state index contributed by atoms with van der Waals surface area (Å²) in [5.41, 5.74) is 0.599. The van der Waals surface area contributed by atoms with Crippen LogP contribution in [0.25, 0.3) is 0 Å². The summed E-state index contributed by atoms with van der Waals surface area (Å²) in [6.45, 7) is 9.93. The Balaban J connectivity index is 1.58. The fourth-order valence-corrected chi connectivity index (χ4v) is 3.35. The predicted molar refractivity (Wildman–Crippen MR) is 111 cm³/mol. The van der Waals surface area contributed by atoms with Crippen LogP contribution in [-0.4, -0.2) is 62.8 Å². The number of pyridine rings is 1. The zero-order valence-electron chi connectivity index (χ0n) is 17.6. The molecule has 0 aromatic carbocycles. The summed E-state index contributed by atoms with van der Waals surface area (Å²) in [5.74, 6) is -0.221. The fraction of sp³-hybridized carbons (Fsp3) is 0.524. The van der Waals surface area contributed by atoms with Crippen molar-refractivity contribution in [2.45, 2.75) is 32.7 Å². The molecular weight excluding hydrogens is 370 g/mol. The van der Waals surface area contributed by atoms with E-state index in [4.69, 9.17) is 0 Å². The minimum atomic E-state index is -0.274. The highest BCUT2D eigenvalue weighted by Crippen LogP contribution is 2.18. The van der Waals surface area contributed by atoms with Crippen molar-refractivity contribution in [1.82, 2.24) is 24.1 Å². The van der Waals surface area contributed by atoms with E-state index in [1.54, 1.807) is 42.4 Å². The molecule has 3 heterocycles. The number of amides is 1. The molecule has 8 nitrogen and oxygen atoms in total. The van der Waals surface area contributed by atoms with Crippen molar-refractivity contribution < 1.29 is 4.79 Å². The van der Waals surface area contributed by atoms with E-state index in [9.17, 15) is 14.4 Å². The van der Waals surface area contributed by atoms with E-state index < -0.39 is 0 Å². The molecule has 0 N–H and O–H groups in total. The van der Waals surface area contributed by atoms with Gasteiger partial charge in [-0.15, -0.1) is 0 Å². The average molecular weight is 399 g/mol. The summed E-state index contributed by atoms with van der Waals surface area (Å²) in [5, 5.41) is 4.50. The largest absolute Gasteiger partial charge is 0.336 e. The van der Waals surface area contributed by atoms with E-state index >= 15 is 0 Å². The lowest BCUT2D eigenvalue weighted by Crippen LogP contribution is -2.50. The second kappa shape index (κ2) is 8.32. The molecule has 156 valence electrons. The van der Waals surface area contributed by atoms with Crippen LogP contribution >= 0.6 is 0 Å². The number of rotatable bonds is 4. The van der Waals surface area contributed by atoms with Crippen LogP contribution in [0.15, 0.2) is 40.1 Å². The maximum Gasteiger partial charge on any atom is 0.266 e. The molecule has 29 heavy (non-hydrogen) atoms. The molecule has 2 aromatic rings. The first kappa shape index (κ1) is 21.0. The number of carbonyl (C=O) groups is 1. The van der Waals surface area contributed by atoms with E-state index in [1.807, 2.05) is 0 Å². The lowest BCUT2D eigenvalue weighted by molar-refractivity contribution is 0.0629. The Kier molecular flexibility index (Phi) is 6.02. The molecule has 0 atom stereocenters. The normalized spacial score (nSPS) is 15.5. The standard InChI is InChI=1S/C21H29N5O3/c1-21(2,3)17-7-8-18(27)26(22-17)15-12-24-10-13-25(14-11-24)20(29)16-6-5-9-23(4)19(16)28/h5-9H,10-15H2,1-4H3. The molecule has 2 aromatic heterocycles. The third-order valence-electron chi connectivity index (χ3n) is 5.28. The first-order valence-corrected chi connectivity index (χ1v) is 9.93. The minimum Gasteiger partial charge on any atom is -0.336 e. The van der Waals surface area contributed by atoms with Crippen LogP contribution in [-0.2, 0) is 19.0 Å². The Bertz CT molecular complexity index is 994. The van der Waals surface area contributed by atoms with Crippen LogP contribution in [0.5, 0.6) is 0 Å². The van der Waals surface area contributed by atoms with E-state index in [0.29, 0.717) is 39.3 Å². The molecular formula is C21H29N5O3. The molecule has 0 radical (unpaired) electrons. The van der Waals surface area contributed by atoms with Crippen LogP contribution in [0.3, 0.4) is 0 Å².